The molecule has 0 radical (unpaired) electrons. The second-order valence-corrected chi connectivity index (χ2v) is 10.2. The van der Waals surface area contributed by atoms with E-state index in [2.05, 4.69) is 0 Å². The lowest BCUT2D eigenvalue weighted by Gasteiger charge is -2.64. The van der Waals surface area contributed by atoms with Crippen LogP contribution < -0.4 is 0 Å². The Balaban J connectivity index is 1.88. The average Bonchev–Trinajstić information content (AvgIpc) is 2.81. The Morgan fingerprint density at radius 2 is 1.93 bits per heavy atom. The second-order valence-electron chi connectivity index (χ2n) is 9.57. The van der Waals surface area contributed by atoms with E-state index in [4.69, 9.17) is 11.6 Å². The van der Waals surface area contributed by atoms with Crippen LogP contribution in [0, 0.1) is 28.6 Å². The summed E-state index contributed by atoms with van der Waals surface area (Å²) >= 11 is 7.16. The molecular weight excluding hydrogens is 387 g/mol. The Labute approximate surface area is 168 Å². The molecule has 4 aliphatic rings. The Morgan fingerprint density at radius 3 is 2.54 bits per heavy atom. The van der Waals surface area contributed by atoms with Crippen molar-refractivity contribution in [2.24, 2.45) is 28.6 Å². The molecule has 0 spiro atoms. The van der Waals surface area contributed by atoms with E-state index in [1.807, 2.05) is 0 Å². The number of hydrogen-bond acceptors (Lipinski definition) is 4. The number of carbonyl (C=O) groups is 2. The van der Waals surface area contributed by atoms with Gasteiger partial charge in [-0.1, -0.05) is 26.8 Å². The molecule has 154 valence electrons. The third-order valence-corrected chi connectivity index (χ3v) is 9.46. The minimum absolute atomic E-state index is 0.00752. The van der Waals surface area contributed by atoms with Gasteiger partial charge in [-0.3, -0.25) is 4.79 Å². The third kappa shape index (κ3) is 1.99. The fourth-order valence-electron chi connectivity index (χ4n) is 7.00. The first-order valence-corrected chi connectivity index (χ1v) is 10.1. The molecule has 7 heteroatoms. The fraction of sp³-hybridized carbons (Fsp3) is 0.714. The molecule has 0 aromatic rings. The van der Waals surface area contributed by atoms with Crippen LogP contribution in [0.1, 0.15) is 40.0 Å². The summed E-state index contributed by atoms with van der Waals surface area (Å²) < 4.78 is 15.3. The lowest BCUT2D eigenvalue weighted by atomic mass is 9.45. The van der Waals surface area contributed by atoms with Gasteiger partial charge in [-0.2, -0.15) is 0 Å². The number of alkyl halides is 2. The highest BCUT2D eigenvalue weighted by Gasteiger charge is 2.75. The molecule has 4 aliphatic carbocycles. The molecule has 0 aromatic carbocycles. The standard InChI is InChI=1S/C21H26ClFO5/c1-10-6-12-13-8-15(23)14-7-11(24)4-5-18(14,2)20(13,22)16(25)9-19(12,3)21(10,28)17(26)27/h4-5,7,10,12-13,15-16,25,28H,6,8-9H2,1-3H3,(H,26,27)/t10?,12-,13-,15?,16?,18-,19-,20?,21?/m0/s1. The average molecular weight is 413 g/mol. The molecular formula is C21H26ClFO5. The molecule has 3 saturated carbocycles. The van der Waals surface area contributed by atoms with Gasteiger partial charge in [0, 0.05) is 10.8 Å². The van der Waals surface area contributed by atoms with E-state index in [-0.39, 0.29) is 30.1 Å². The van der Waals surface area contributed by atoms with Crippen LogP contribution in [-0.4, -0.2) is 49.8 Å². The van der Waals surface area contributed by atoms with Crippen molar-refractivity contribution in [3.05, 3.63) is 23.8 Å². The van der Waals surface area contributed by atoms with E-state index >= 15 is 4.39 Å². The van der Waals surface area contributed by atoms with E-state index in [1.165, 1.54) is 12.2 Å². The number of carboxylic acids is 1. The number of rotatable bonds is 1. The van der Waals surface area contributed by atoms with Gasteiger partial charge in [0.2, 0.25) is 0 Å². The number of aliphatic carboxylic acids is 1. The van der Waals surface area contributed by atoms with Crippen LogP contribution in [0.2, 0.25) is 0 Å². The number of ketones is 1. The van der Waals surface area contributed by atoms with Gasteiger partial charge in [0.15, 0.2) is 11.4 Å². The van der Waals surface area contributed by atoms with E-state index in [0.717, 1.165) is 0 Å². The van der Waals surface area contributed by atoms with Gasteiger partial charge in [0.1, 0.15) is 6.17 Å². The largest absolute Gasteiger partial charge is 0.479 e. The first-order chi connectivity index (χ1) is 12.8. The van der Waals surface area contributed by atoms with E-state index in [9.17, 15) is 24.9 Å². The minimum Gasteiger partial charge on any atom is -0.479 e. The number of allylic oxidation sites excluding steroid dienone is 4. The van der Waals surface area contributed by atoms with Crippen molar-refractivity contribution < 1.29 is 29.3 Å². The first-order valence-electron chi connectivity index (χ1n) is 9.76. The number of halogens is 2. The molecule has 5 nitrogen and oxygen atoms in total. The number of carbonyl (C=O) groups excluding carboxylic acids is 1. The highest BCUT2D eigenvalue weighted by molar-refractivity contribution is 6.26. The Morgan fingerprint density at radius 1 is 1.29 bits per heavy atom. The van der Waals surface area contributed by atoms with Crippen LogP contribution >= 0.6 is 11.6 Å². The predicted molar refractivity (Wildman–Crippen MR) is 101 cm³/mol. The summed E-state index contributed by atoms with van der Waals surface area (Å²) in [6.07, 6.45) is 2.00. The van der Waals surface area contributed by atoms with Crippen LogP contribution in [0.4, 0.5) is 4.39 Å². The minimum atomic E-state index is -2.02. The van der Waals surface area contributed by atoms with Crippen molar-refractivity contribution in [1.29, 1.82) is 0 Å². The molecule has 4 rings (SSSR count). The highest BCUT2D eigenvalue weighted by Crippen LogP contribution is 2.71. The topological polar surface area (TPSA) is 94.8 Å². The maximum absolute atomic E-state index is 15.3. The molecule has 0 saturated heterocycles. The van der Waals surface area contributed by atoms with Gasteiger partial charge in [0.05, 0.1) is 11.0 Å². The molecule has 9 atom stereocenters. The van der Waals surface area contributed by atoms with Gasteiger partial charge in [-0.25, -0.2) is 9.18 Å². The van der Waals surface area contributed by atoms with Crippen molar-refractivity contribution in [3.8, 4) is 0 Å². The number of aliphatic hydroxyl groups excluding tert-OH is 1. The zero-order valence-corrected chi connectivity index (χ0v) is 16.9. The van der Waals surface area contributed by atoms with Crippen LogP contribution in [0.15, 0.2) is 23.8 Å². The molecule has 0 heterocycles. The smallest absolute Gasteiger partial charge is 0.336 e. The Kier molecular flexibility index (Phi) is 4.06. The quantitative estimate of drug-likeness (QED) is 0.575. The summed E-state index contributed by atoms with van der Waals surface area (Å²) in [5, 5.41) is 32.2. The summed E-state index contributed by atoms with van der Waals surface area (Å²) in [5.41, 5.74) is -3.95. The van der Waals surface area contributed by atoms with Crippen LogP contribution in [0.3, 0.4) is 0 Å². The van der Waals surface area contributed by atoms with Crippen molar-refractivity contribution in [3.63, 3.8) is 0 Å². The van der Waals surface area contributed by atoms with Gasteiger partial charge in [0.25, 0.3) is 0 Å². The predicted octanol–water partition coefficient (Wildman–Crippen LogP) is 2.64. The van der Waals surface area contributed by atoms with E-state index < -0.39 is 51.4 Å². The van der Waals surface area contributed by atoms with Crippen LogP contribution in [0.25, 0.3) is 0 Å². The zero-order valence-electron chi connectivity index (χ0n) is 16.2. The third-order valence-electron chi connectivity index (χ3n) is 8.54. The summed E-state index contributed by atoms with van der Waals surface area (Å²) in [4.78, 5) is 22.6. The molecule has 28 heavy (non-hydrogen) atoms. The first kappa shape index (κ1) is 20.0. The lowest BCUT2D eigenvalue weighted by Crippen LogP contribution is -2.70. The molecule has 0 bridgehead atoms. The van der Waals surface area contributed by atoms with Crippen molar-refractivity contribution in [2.75, 3.05) is 0 Å². The van der Waals surface area contributed by atoms with Crippen LogP contribution in [-0.2, 0) is 9.59 Å². The molecule has 0 aliphatic heterocycles. The maximum atomic E-state index is 15.3. The molecule has 5 unspecified atom stereocenters. The SMILES string of the molecule is CC1C[C@H]2[C@@H]3CC(F)C4=CC(=O)C=C[C@]4(C)C3(Cl)C(O)C[C@]2(C)C1(O)C(=O)O. The number of carboxylic acid groups (broad SMARTS) is 1. The molecule has 0 amide bonds. The normalized spacial score (nSPS) is 55.2. The lowest BCUT2D eigenvalue weighted by molar-refractivity contribution is -0.195. The van der Waals surface area contributed by atoms with Gasteiger partial charge < -0.3 is 15.3 Å². The number of hydrogen-bond donors (Lipinski definition) is 3. The zero-order chi connectivity index (χ0) is 20.9. The maximum Gasteiger partial charge on any atom is 0.336 e. The summed E-state index contributed by atoms with van der Waals surface area (Å²) in [6, 6.07) is 0. The summed E-state index contributed by atoms with van der Waals surface area (Å²) in [6.45, 7) is 5.10. The number of fused-ring (bicyclic) bond motifs is 5. The van der Waals surface area contributed by atoms with E-state index in [0.29, 0.717) is 6.42 Å². The fourth-order valence-corrected chi connectivity index (χ4v) is 7.49. The van der Waals surface area contributed by atoms with Crippen molar-refractivity contribution >= 4 is 23.4 Å². The van der Waals surface area contributed by atoms with Crippen molar-refractivity contribution in [2.45, 2.75) is 62.8 Å². The number of aliphatic hydroxyl groups is 2. The Bertz CT molecular complexity index is 826. The van der Waals surface area contributed by atoms with Gasteiger partial charge in [-0.15, -0.1) is 11.6 Å². The Hall–Kier alpha value is -1.24. The monoisotopic (exact) mass is 412 g/mol. The highest BCUT2D eigenvalue weighted by atomic mass is 35.5. The van der Waals surface area contributed by atoms with Crippen molar-refractivity contribution in [1.82, 2.24) is 0 Å². The van der Waals surface area contributed by atoms with Gasteiger partial charge >= 0.3 is 5.97 Å². The molecule has 3 fully saturated rings. The van der Waals surface area contributed by atoms with E-state index in [1.54, 1.807) is 26.8 Å². The summed E-state index contributed by atoms with van der Waals surface area (Å²) in [7, 11) is 0. The second kappa shape index (κ2) is 5.67. The van der Waals surface area contributed by atoms with Crippen LogP contribution in [0.5, 0.6) is 0 Å². The summed E-state index contributed by atoms with van der Waals surface area (Å²) in [5.74, 6) is -3.10. The molecule has 3 N–H and O–H groups in total. The van der Waals surface area contributed by atoms with Gasteiger partial charge in [-0.05, 0) is 54.7 Å². The molecule has 0 aromatic heterocycles.